The molecule has 1 aromatic heterocycles. The standard InChI is InChI=1S/C8H4N2/c1-3-7-8(4-2)10-6-5-9-7/h1-2,5-6H. The largest absolute Gasteiger partial charge is 0.243 e. The molecule has 2 heteroatoms. The van der Waals surface area contributed by atoms with Crippen LogP contribution in [0.25, 0.3) is 0 Å². The molecule has 0 aliphatic carbocycles. The summed E-state index contributed by atoms with van der Waals surface area (Å²) in [5.74, 6) is 4.66. The molecule has 0 saturated heterocycles. The Labute approximate surface area is 59.3 Å². The molecule has 0 bridgehead atoms. The molecule has 0 unspecified atom stereocenters. The fourth-order valence-electron chi connectivity index (χ4n) is 0.549. The van der Waals surface area contributed by atoms with Crippen molar-refractivity contribution >= 4 is 0 Å². The van der Waals surface area contributed by atoms with Crippen LogP contribution in [0.2, 0.25) is 0 Å². The second-order valence-corrected chi connectivity index (χ2v) is 1.54. The van der Waals surface area contributed by atoms with Crippen LogP contribution in [0.15, 0.2) is 12.4 Å². The van der Waals surface area contributed by atoms with Gasteiger partial charge in [0.2, 0.25) is 0 Å². The minimum Gasteiger partial charge on any atom is -0.243 e. The summed E-state index contributed by atoms with van der Waals surface area (Å²) < 4.78 is 0. The van der Waals surface area contributed by atoms with Crippen LogP contribution in [-0.4, -0.2) is 9.97 Å². The fourth-order valence-corrected chi connectivity index (χ4v) is 0.549. The Morgan fingerprint density at radius 3 is 1.70 bits per heavy atom. The molecular weight excluding hydrogens is 124 g/mol. The molecule has 1 aromatic rings. The first-order valence-electron chi connectivity index (χ1n) is 2.62. The molecule has 0 amide bonds. The highest BCUT2D eigenvalue weighted by atomic mass is 14.8. The van der Waals surface area contributed by atoms with Gasteiger partial charge in [-0.15, -0.1) is 12.8 Å². The van der Waals surface area contributed by atoms with Gasteiger partial charge in [-0.1, -0.05) is 0 Å². The second kappa shape index (κ2) is 2.66. The number of nitrogens with zero attached hydrogens (tertiary/aromatic N) is 2. The molecule has 10 heavy (non-hydrogen) atoms. The summed E-state index contributed by atoms with van der Waals surface area (Å²) in [6.07, 6.45) is 13.2. The molecule has 0 aliphatic rings. The van der Waals surface area contributed by atoms with Gasteiger partial charge in [0.25, 0.3) is 0 Å². The van der Waals surface area contributed by atoms with Crippen LogP contribution >= 0.6 is 0 Å². The van der Waals surface area contributed by atoms with E-state index in [1.807, 2.05) is 0 Å². The lowest BCUT2D eigenvalue weighted by Gasteiger charge is -1.90. The van der Waals surface area contributed by atoms with Gasteiger partial charge in [-0.2, -0.15) is 0 Å². The van der Waals surface area contributed by atoms with E-state index in [0.29, 0.717) is 11.4 Å². The zero-order chi connectivity index (χ0) is 7.40. The maximum Gasteiger partial charge on any atom is 0.147 e. The maximum atomic E-state index is 5.08. The molecule has 0 atom stereocenters. The van der Waals surface area contributed by atoms with Gasteiger partial charge >= 0.3 is 0 Å². The van der Waals surface area contributed by atoms with Crippen LogP contribution in [-0.2, 0) is 0 Å². The Morgan fingerprint density at radius 1 is 1.00 bits per heavy atom. The van der Waals surface area contributed by atoms with Crippen molar-refractivity contribution in [3.8, 4) is 24.7 Å². The number of hydrogen-bond acceptors (Lipinski definition) is 2. The molecule has 0 radical (unpaired) electrons. The van der Waals surface area contributed by atoms with E-state index in [9.17, 15) is 0 Å². The van der Waals surface area contributed by atoms with E-state index in [-0.39, 0.29) is 0 Å². The topological polar surface area (TPSA) is 25.8 Å². The van der Waals surface area contributed by atoms with Gasteiger partial charge in [0.15, 0.2) is 0 Å². The molecule has 0 N–H and O–H groups in total. The highest BCUT2D eigenvalue weighted by Crippen LogP contribution is 1.95. The van der Waals surface area contributed by atoms with Crippen LogP contribution < -0.4 is 0 Å². The van der Waals surface area contributed by atoms with Gasteiger partial charge in [-0.25, -0.2) is 9.97 Å². The SMILES string of the molecule is C#Cc1nccnc1C#C. The predicted octanol–water partition coefficient (Wildman–Crippen LogP) is 0.439. The van der Waals surface area contributed by atoms with Crippen LogP contribution in [0.3, 0.4) is 0 Å². The molecule has 0 fully saturated rings. The highest BCUT2D eigenvalue weighted by molar-refractivity contribution is 5.38. The lowest BCUT2D eigenvalue weighted by Crippen LogP contribution is -1.90. The summed E-state index contributed by atoms with van der Waals surface area (Å²) in [5.41, 5.74) is 0.843. The van der Waals surface area contributed by atoms with Crippen molar-refractivity contribution in [3.63, 3.8) is 0 Å². The molecule has 2 nitrogen and oxygen atoms in total. The van der Waals surface area contributed by atoms with Gasteiger partial charge in [0, 0.05) is 12.4 Å². The minimum absolute atomic E-state index is 0.421. The van der Waals surface area contributed by atoms with Crippen molar-refractivity contribution in [1.29, 1.82) is 0 Å². The minimum atomic E-state index is 0.421. The van der Waals surface area contributed by atoms with Crippen molar-refractivity contribution in [2.75, 3.05) is 0 Å². The molecule has 0 aliphatic heterocycles. The van der Waals surface area contributed by atoms with Gasteiger partial charge in [0.1, 0.15) is 11.4 Å². The molecule has 0 aromatic carbocycles. The number of aromatic nitrogens is 2. The van der Waals surface area contributed by atoms with Crippen molar-refractivity contribution < 1.29 is 0 Å². The van der Waals surface area contributed by atoms with Crippen LogP contribution in [0.5, 0.6) is 0 Å². The molecule has 0 spiro atoms. The van der Waals surface area contributed by atoms with Crippen molar-refractivity contribution in [2.45, 2.75) is 0 Å². The highest BCUT2D eigenvalue weighted by Gasteiger charge is 1.94. The van der Waals surface area contributed by atoms with Crippen LogP contribution in [0.1, 0.15) is 11.4 Å². The van der Waals surface area contributed by atoms with Gasteiger partial charge in [-0.3, -0.25) is 0 Å². The van der Waals surface area contributed by atoms with E-state index in [1.165, 1.54) is 12.4 Å². The normalized spacial score (nSPS) is 7.80. The third-order valence-electron chi connectivity index (χ3n) is 0.972. The van der Waals surface area contributed by atoms with Crippen LogP contribution in [0.4, 0.5) is 0 Å². The van der Waals surface area contributed by atoms with Gasteiger partial charge < -0.3 is 0 Å². The first-order valence-corrected chi connectivity index (χ1v) is 2.62. The van der Waals surface area contributed by atoms with E-state index in [2.05, 4.69) is 21.8 Å². The summed E-state index contributed by atoms with van der Waals surface area (Å²) in [6, 6.07) is 0. The Balaban J connectivity index is 3.28. The van der Waals surface area contributed by atoms with Gasteiger partial charge in [-0.05, 0) is 11.8 Å². The van der Waals surface area contributed by atoms with Crippen molar-refractivity contribution in [3.05, 3.63) is 23.8 Å². The predicted molar refractivity (Wildman–Crippen MR) is 37.9 cm³/mol. The fraction of sp³-hybridized carbons (Fsp3) is 0. The molecular formula is C8H4N2. The third kappa shape index (κ3) is 0.962. The Kier molecular flexibility index (Phi) is 1.68. The molecule has 1 rings (SSSR count). The summed E-state index contributed by atoms with van der Waals surface area (Å²) in [4.78, 5) is 7.65. The molecule has 46 valence electrons. The van der Waals surface area contributed by atoms with Gasteiger partial charge in [0.05, 0.1) is 0 Å². The first-order chi connectivity index (χ1) is 4.88. The second-order valence-electron chi connectivity index (χ2n) is 1.54. The van der Waals surface area contributed by atoms with Crippen molar-refractivity contribution in [2.24, 2.45) is 0 Å². The summed E-state index contributed by atoms with van der Waals surface area (Å²) in [7, 11) is 0. The quantitative estimate of drug-likeness (QED) is 0.474. The average Bonchev–Trinajstić information content (AvgIpc) is 2.04. The summed E-state index contributed by atoms with van der Waals surface area (Å²) >= 11 is 0. The average molecular weight is 128 g/mol. The summed E-state index contributed by atoms with van der Waals surface area (Å²) in [6.45, 7) is 0. The molecule has 1 heterocycles. The van der Waals surface area contributed by atoms with E-state index in [1.54, 1.807) is 0 Å². The van der Waals surface area contributed by atoms with E-state index in [0.717, 1.165) is 0 Å². The molecule has 0 saturated carbocycles. The van der Waals surface area contributed by atoms with Crippen LogP contribution in [0, 0.1) is 24.7 Å². The third-order valence-corrected chi connectivity index (χ3v) is 0.972. The number of rotatable bonds is 0. The Hall–Kier alpha value is -1.80. The number of terminal acetylenes is 2. The van der Waals surface area contributed by atoms with Crippen molar-refractivity contribution in [1.82, 2.24) is 9.97 Å². The maximum absolute atomic E-state index is 5.08. The number of hydrogen-bond donors (Lipinski definition) is 0. The Morgan fingerprint density at radius 2 is 1.40 bits per heavy atom. The Bertz CT molecular complexity index is 282. The zero-order valence-electron chi connectivity index (χ0n) is 5.20. The van der Waals surface area contributed by atoms with E-state index >= 15 is 0 Å². The van der Waals surface area contributed by atoms with E-state index < -0.39 is 0 Å². The smallest absolute Gasteiger partial charge is 0.147 e. The lowest BCUT2D eigenvalue weighted by molar-refractivity contribution is 1.15. The van der Waals surface area contributed by atoms with E-state index in [4.69, 9.17) is 12.8 Å². The first kappa shape index (κ1) is 6.32. The lowest BCUT2D eigenvalue weighted by atomic mass is 10.3. The zero-order valence-corrected chi connectivity index (χ0v) is 5.20. The monoisotopic (exact) mass is 128 g/mol. The summed E-state index contributed by atoms with van der Waals surface area (Å²) in [5, 5.41) is 0.